The Labute approximate surface area is 175 Å². The molecule has 1 amide bonds. The molecule has 1 aliphatic rings. The minimum Gasteiger partial charge on any atom is -0.493 e. The van der Waals surface area contributed by atoms with Crippen LogP contribution in [0.1, 0.15) is 36.2 Å². The topological polar surface area (TPSA) is 77.7 Å². The molecule has 0 saturated carbocycles. The zero-order valence-electron chi connectivity index (χ0n) is 17.4. The number of carbonyl (C=O) groups is 1. The van der Waals surface area contributed by atoms with E-state index in [1.54, 1.807) is 26.4 Å². The highest BCUT2D eigenvalue weighted by Crippen LogP contribution is 2.33. The predicted molar refractivity (Wildman–Crippen MR) is 111 cm³/mol. The van der Waals surface area contributed by atoms with Gasteiger partial charge in [0.25, 0.3) is 5.89 Å². The zero-order chi connectivity index (χ0) is 21.1. The number of carbonyl (C=O) groups excluding carboxylic acids is 1. The number of nitrogens with zero attached hydrogens (tertiary/aromatic N) is 3. The normalized spacial score (nSPS) is 16.2. The average molecular weight is 407 g/mol. The number of aromatic nitrogens is 2. The van der Waals surface area contributed by atoms with E-state index in [1.807, 2.05) is 11.0 Å². The highest BCUT2D eigenvalue weighted by molar-refractivity contribution is 5.79. The third kappa shape index (κ3) is 4.01. The number of hydrogen-bond acceptors (Lipinski definition) is 6. The Bertz CT molecular complexity index is 1030. The second-order valence-electron chi connectivity index (χ2n) is 7.37. The molecule has 0 bridgehead atoms. The standard InChI is InChI=1S/C23H25N3O4/c1-4-15-5-7-16(8-6-15)13-26-14-18(12-21(26)27)22-24-23(30-25-22)17-9-10-19(28-2)20(11-17)29-3/h5-11,18H,4,12-14H2,1-3H3. The number of benzene rings is 2. The van der Waals surface area contributed by atoms with Gasteiger partial charge in [-0.3, -0.25) is 4.79 Å². The first-order chi connectivity index (χ1) is 14.6. The molecule has 0 spiro atoms. The summed E-state index contributed by atoms with van der Waals surface area (Å²) in [5.74, 6) is 2.20. The van der Waals surface area contributed by atoms with Gasteiger partial charge in [-0.15, -0.1) is 0 Å². The van der Waals surface area contributed by atoms with Crippen molar-refractivity contribution < 1.29 is 18.8 Å². The van der Waals surface area contributed by atoms with Gasteiger partial charge in [-0.1, -0.05) is 36.3 Å². The summed E-state index contributed by atoms with van der Waals surface area (Å²) in [4.78, 5) is 18.9. The van der Waals surface area contributed by atoms with E-state index in [-0.39, 0.29) is 11.8 Å². The van der Waals surface area contributed by atoms with Crippen molar-refractivity contribution in [1.82, 2.24) is 15.0 Å². The third-order valence-corrected chi connectivity index (χ3v) is 5.46. The summed E-state index contributed by atoms with van der Waals surface area (Å²) in [5, 5.41) is 4.13. The number of ether oxygens (including phenoxy) is 2. The van der Waals surface area contributed by atoms with Crippen molar-refractivity contribution in [3.8, 4) is 23.0 Å². The Hall–Kier alpha value is -3.35. The minimum atomic E-state index is -0.0786. The Morgan fingerprint density at radius 2 is 1.80 bits per heavy atom. The molecule has 7 heteroatoms. The molecule has 3 aromatic rings. The van der Waals surface area contributed by atoms with Gasteiger partial charge in [-0.05, 0) is 35.7 Å². The molecule has 1 aromatic heterocycles. The van der Waals surface area contributed by atoms with Crippen molar-refractivity contribution in [3.05, 3.63) is 59.4 Å². The second kappa shape index (κ2) is 8.57. The summed E-state index contributed by atoms with van der Waals surface area (Å²) in [5.41, 5.74) is 3.16. The van der Waals surface area contributed by atoms with E-state index in [0.29, 0.717) is 42.7 Å². The van der Waals surface area contributed by atoms with Gasteiger partial charge in [-0.25, -0.2) is 0 Å². The fourth-order valence-electron chi connectivity index (χ4n) is 3.69. The van der Waals surface area contributed by atoms with E-state index in [0.717, 1.165) is 17.5 Å². The smallest absolute Gasteiger partial charge is 0.258 e. The van der Waals surface area contributed by atoms with Gasteiger partial charge in [-0.2, -0.15) is 4.98 Å². The maximum atomic E-state index is 12.5. The third-order valence-electron chi connectivity index (χ3n) is 5.46. The second-order valence-corrected chi connectivity index (χ2v) is 7.37. The van der Waals surface area contributed by atoms with Gasteiger partial charge in [0.15, 0.2) is 17.3 Å². The fraction of sp³-hybridized carbons (Fsp3) is 0.348. The molecule has 1 saturated heterocycles. The predicted octanol–water partition coefficient (Wildman–Crippen LogP) is 3.83. The van der Waals surface area contributed by atoms with Crippen LogP contribution in [0.2, 0.25) is 0 Å². The molecule has 2 heterocycles. The first kappa shape index (κ1) is 19.9. The molecule has 7 nitrogen and oxygen atoms in total. The van der Waals surface area contributed by atoms with Crippen LogP contribution in [-0.4, -0.2) is 41.7 Å². The molecular weight excluding hydrogens is 382 g/mol. The Morgan fingerprint density at radius 1 is 1.07 bits per heavy atom. The molecule has 4 rings (SSSR count). The van der Waals surface area contributed by atoms with Gasteiger partial charge in [0, 0.05) is 31.0 Å². The monoisotopic (exact) mass is 407 g/mol. The van der Waals surface area contributed by atoms with Crippen LogP contribution >= 0.6 is 0 Å². The van der Waals surface area contributed by atoms with Crippen LogP contribution in [-0.2, 0) is 17.8 Å². The van der Waals surface area contributed by atoms with Gasteiger partial charge in [0.2, 0.25) is 5.91 Å². The SMILES string of the molecule is CCc1ccc(CN2CC(c3noc(-c4ccc(OC)c(OC)c4)n3)CC2=O)cc1. The van der Waals surface area contributed by atoms with Crippen LogP contribution < -0.4 is 9.47 Å². The number of methoxy groups -OCH3 is 2. The van der Waals surface area contributed by atoms with Crippen molar-refractivity contribution >= 4 is 5.91 Å². The van der Waals surface area contributed by atoms with Gasteiger partial charge < -0.3 is 18.9 Å². The molecular formula is C23H25N3O4. The molecule has 2 aromatic carbocycles. The molecule has 0 N–H and O–H groups in total. The minimum absolute atomic E-state index is 0.0786. The first-order valence-electron chi connectivity index (χ1n) is 10.0. The van der Waals surface area contributed by atoms with E-state index >= 15 is 0 Å². The van der Waals surface area contributed by atoms with Crippen molar-refractivity contribution in [1.29, 1.82) is 0 Å². The maximum Gasteiger partial charge on any atom is 0.258 e. The molecule has 1 unspecified atom stereocenters. The Kier molecular flexibility index (Phi) is 5.70. The zero-order valence-corrected chi connectivity index (χ0v) is 17.4. The quantitative estimate of drug-likeness (QED) is 0.592. The number of aryl methyl sites for hydroxylation is 1. The lowest BCUT2D eigenvalue weighted by Gasteiger charge is -2.16. The van der Waals surface area contributed by atoms with E-state index in [9.17, 15) is 4.79 Å². The molecule has 0 radical (unpaired) electrons. The van der Waals surface area contributed by atoms with Crippen LogP contribution in [0.5, 0.6) is 11.5 Å². The number of hydrogen-bond donors (Lipinski definition) is 0. The van der Waals surface area contributed by atoms with Gasteiger partial charge in [0.05, 0.1) is 14.2 Å². The Balaban J connectivity index is 1.46. The number of amides is 1. The molecule has 0 aliphatic carbocycles. The Morgan fingerprint density at radius 3 is 2.50 bits per heavy atom. The van der Waals surface area contributed by atoms with Crippen molar-refractivity contribution in [3.63, 3.8) is 0 Å². The lowest BCUT2D eigenvalue weighted by Crippen LogP contribution is -2.24. The largest absolute Gasteiger partial charge is 0.493 e. The van der Waals surface area contributed by atoms with E-state index in [1.165, 1.54) is 5.56 Å². The van der Waals surface area contributed by atoms with Crippen molar-refractivity contribution in [2.24, 2.45) is 0 Å². The summed E-state index contributed by atoms with van der Waals surface area (Å²) in [6.45, 7) is 3.31. The summed E-state index contributed by atoms with van der Waals surface area (Å²) < 4.78 is 16.1. The molecule has 1 aliphatic heterocycles. The molecule has 30 heavy (non-hydrogen) atoms. The molecule has 156 valence electrons. The fourth-order valence-corrected chi connectivity index (χ4v) is 3.69. The van der Waals surface area contributed by atoms with Gasteiger partial charge >= 0.3 is 0 Å². The van der Waals surface area contributed by atoms with Crippen LogP contribution in [0.25, 0.3) is 11.5 Å². The van der Waals surface area contributed by atoms with E-state index in [4.69, 9.17) is 14.0 Å². The summed E-state index contributed by atoms with van der Waals surface area (Å²) in [6.07, 6.45) is 1.39. The summed E-state index contributed by atoms with van der Waals surface area (Å²) in [7, 11) is 3.17. The van der Waals surface area contributed by atoms with Crippen LogP contribution in [0, 0.1) is 0 Å². The maximum absolute atomic E-state index is 12.5. The number of likely N-dealkylation sites (tertiary alicyclic amines) is 1. The van der Waals surface area contributed by atoms with E-state index < -0.39 is 0 Å². The summed E-state index contributed by atoms with van der Waals surface area (Å²) >= 11 is 0. The average Bonchev–Trinajstić information content (AvgIpc) is 3.41. The first-order valence-corrected chi connectivity index (χ1v) is 10.0. The molecule has 1 fully saturated rings. The van der Waals surface area contributed by atoms with E-state index in [2.05, 4.69) is 41.3 Å². The summed E-state index contributed by atoms with van der Waals surface area (Å²) in [6, 6.07) is 13.8. The number of rotatable bonds is 7. The van der Waals surface area contributed by atoms with Gasteiger partial charge in [0.1, 0.15) is 0 Å². The van der Waals surface area contributed by atoms with Crippen molar-refractivity contribution in [2.75, 3.05) is 20.8 Å². The van der Waals surface area contributed by atoms with Crippen molar-refractivity contribution in [2.45, 2.75) is 32.2 Å². The lowest BCUT2D eigenvalue weighted by molar-refractivity contribution is -0.128. The highest BCUT2D eigenvalue weighted by atomic mass is 16.5. The van der Waals surface area contributed by atoms with Crippen LogP contribution in [0.3, 0.4) is 0 Å². The van der Waals surface area contributed by atoms with Crippen LogP contribution in [0.15, 0.2) is 47.0 Å². The lowest BCUT2D eigenvalue weighted by atomic mass is 10.1. The highest BCUT2D eigenvalue weighted by Gasteiger charge is 2.33. The van der Waals surface area contributed by atoms with Crippen LogP contribution in [0.4, 0.5) is 0 Å². The molecule has 1 atom stereocenters.